The molecule has 1 rings (SSSR count). The van der Waals surface area contributed by atoms with E-state index in [1.54, 1.807) is 6.26 Å². The third-order valence-electron chi connectivity index (χ3n) is 0.642. The zero-order valence-electron chi connectivity index (χ0n) is 5.89. The predicted molar refractivity (Wildman–Crippen MR) is 40.0 cm³/mol. The first-order valence-electron chi connectivity index (χ1n) is 2.93. The molecule has 0 spiro atoms. The number of aryl methyl sites for hydroxylation is 1. The smallest absolute Gasteiger partial charge is 0.266 e. The SMILES string of the molecule is CC.Cc1coc(=S)[nH]1. The lowest BCUT2D eigenvalue weighted by molar-refractivity contribution is 0.540. The van der Waals surface area contributed by atoms with Crippen LogP contribution in [0.15, 0.2) is 10.7 Å². The van der Waals surface area contributed by atoms with Crippen molar-refractivity contribution in [2.75, 3.05) is 0 Å². The second-order valence-electron chi connectivity index (χ2n) is 1.33. The van der Waals surface area contributed by atoms with Gasteiger partial charge in [-0.1, -0.05) is 13.8 Å². The van der Waals surface area contributed by atoms with Gasteiger partial charge in [-0.2, -0.15) is 0 Å². The van der Waals surface area contributed by atoms with Crippen LogP contribution in [-0.2, 0) is 0 Å². The summed E-state index contributed by atoms with van der Waals surface area (Å²) in [5.74, 6) is 0. The Labute approximate surface area is 59.9 Å². The molecule has 1 aromatic heterocycles. The van der Waals surface area contributed by atoms with Crippen molar-refractivity contribution >= 4 is 12.2 Å². The fraction of sp³-hybridized carbons (Fsp3) is 0.500. The van der Waals surface area contributed by atoms with E-state index in [4.69, 9.17) is 4.42 Å². The standard InChI is InChI=1S/C4H5NOS.C2H6/c1-3-2-6-4(7)5-3;1-2/h2H,1H3,(H,5,7);1-2H3. The van der Waals surface area contributed by atoms with Gasteiger partial charge in [-0.25, -0.2) is 0 Å². The number of H-pyrrole nitrogens is 1. The number of oxazole rings is 1. The summed E-state index contributed by atoms with van der Waals surface area (Å²) < 4.78 is 4.72. The van der Waals surface area contributed by atoms with E-state index in [2.05, 4.69) is 17.2 Å². The Morgan fingerprint density at radius 1 is 1.56 bits per heavy atom. The van der Waals surface area contributed by atoms with Crippen LogP contribution in [-0.4, -0.2) is 4.98 Å². The van der Waals surface area contributed by atoms with Crippen molar-refractivity contribution in [2.24, 2.45) is 0 Å². The molecule has 0 saturated carbocycles. The minimum absolute atomic E-state index is 0.442. The number of rotatable bonds is 0. The third kappa shape index (κ3) is 3.08. The quantitative estimate of drug-likeness (QED) is 0.568. The van der Waals surface area contributed by atoms with E-state index in [1.165, 1.54) is 0 Å². The van der Waals surface area contributed by atoms with Crippen LogP contribution in [0, 0.1) is 11.8 Å². The van der Waals surface area contributed by atoms with Gasteiger partial charge >= 0.3 is 0 Å². The first-order valence-corrected chi connectivity index (χ1v) is 3.34. The molecule has 0 aromatic carbocycles. The summed E-state index contributed by atoms with van der Waals surface area (Å²) >= 11 is 4.61. The van der Waals surface area contributed by atoms with Gasteiger partial charge in [0.1, 0.15) is 6.26 Å². The second kappa shape index (κ2) is 4.32. The Hall–Kier alpha value is -0.570. The molecule has 52 valence electrons. The van der Waals surface area contributed by atoms with Gasteiger partial charge in [0.15, 0.2) is 0 Å². The Balaban J connectivity index is 0.000000291. The van der Waals surface area contributed by atoms with E-state index >= 15 is 0 Å². The number of hydrogen-bond acceptors (Lipinski definition) is 2. The highest BCUT2D eigenvalue weighted by atomic mass is 32.1. The minimum Gasteiger partial charge on any atom is -0.438 e. The lowest BCUT2D eigenvalue weighted by Gasteiger charge is -1.66. The Morgan fingerprint density at radius 3 is 2.22 bits per heavy atom. The summed E-state index contributed by atoms with van der Waals surface area (Å²) in [6.45, 7) is 5.89. The molecule has 0 unspecified atom stereocenters. The van der Waals surface area contributed by atoms with E-state index in [-0.39, 0.29) is 0 Å². The molecule has 0 aliphatic carbocycles. The van der Waals surface area contributed by atoms with Gasteiger partial charge < -0.3 is 9.40 Å². The molecule has 1 heterocycles. The van der Waals surface area contributed by atoms with Gasteiger partial charge in [-0.3, -0.25) is 0 Å². The molecule has 1 aromatic rings. The highest BCUT2D eigenvalue weighted by molar-refractivity contribution is 7.71. The molecular weight excluding hydrogens is 134 g/mol. The van der Waals surface area contributed by atoms with Gasteiger partial charge in [0.25, 0.3) is 4.84 Å². The molecule has 0 bridgehead atoms. The van der Waals surface area contributed by atoms with Crippen LogP contribution in [0.2, 0.25) is 0 Å². The molecular formula is C6H11NOS. The predicted octanol–water partition coefficient (Wildman–Crippen LogP) is 2.67. The van der Waals surface area contributed by atoms with Crippen molar-refractivity contribution in [2.45, 2.75) is 20.8 Å². The molecule has 0 radical (unpaired) electrons. The van der Waals surface area contributed by atoms with Crippen molar-refractivity contribution in [3.05, 3.63) is 16.8 Å². The first-order chi connectivity index (χ1) is 4.29. The van der Waals surface area contributed by atoms with Gasteiger partial charge in [0.05, 0.1) is 5.69 Å². The summed E-state index contributed by atoms with van der Waals surface area (Å²) in [5, 5.41) is 0. The van der Waals surface area contributed by atoms with Crippen LogP contribution in [0.25, 0.3) is 0 Å². The number of aromatic nitrogens is 1. The molecule has 0 aliphatic rings. The largest absolute Gasteiger partial charge is 0.438 e. The number of nitrogens with one attached hydrogen (secondary N) is 1. The minimum atomic E-state index is 0.442. The van der Waals surface area contributed by atoms with E-state index in [0.717, 1.165) is 5.69 Å². The van der Waals surface area contributed by atoms with Crippen molar-refractivity contribution in [1.82, 2.24) is 4.98 Å². The summed E-state index contributed by atoms with van der Waals surface area (Å²) in [6, 6.07) is 0. The number of hydrogen-bond donors (Lipinski definition) is 1. The van der Waals surface area contributed by atoms with E-state index < -0.39 is 0 Å². The molecule has 0 aliphatic heterocycles. The maximum absolute atomic E-state index is 4.72. The fourth-order valence-corrected chi connectivity index (χ4v) is 0.571. The third-order valence-corrected chi connectivity index (χ3v) is 0.840. The summed E-state index contributed by atoms with van der Waals surface area (Å²) in [5.41, 5.74) is 0.963. The normalized spacial score (nSPS) is 7.89. The van der Waals surface area contributed by atoms with Crippen molar-refractivity contribution in [1.29, 1.82) is 0 Å². The Morgan fingerprint density at radius 2 is 2.11 bits per heavy atom. The monoisotopic (exact) mass is 145 g/mol. The van der Waals surface area contributed by atoms with Gasteiger partial charge in [0, 0.05) is 0 Å². The molecule has 3 heteroatoms. The van der Waals surface area contributed by atoms with Crippen LogP contribution >= 0.6 is 12.2 Å². The molecule has 0 atom stereocenters. The van der Waals surface area contributed by atoms with Crippen molar-refractivity contribution < 1.29 is 4.42 Å². The van der Waals surface area contributed by atoms with E-state index in [1.807, 2.05) is 20.8 Å². The molecule has 1 N–H and O–H groups in total. The highest BCUT2D eigenvalue weighted by Gasteiger charge is 1.81. The molecule has 0 amide bonds. The first kappa shape index (κ1) is 8.43. The average Bonchev–Trinajstić information content (AvgIpc) is 2.20. The summed E-state index contributed by atoms with van der Waals surface area (Å²) in [7, 11) is 0. The summed E-state index contributed by atoms with van der Waals surface area (Å²) in [6.07, 6.45) is 1.59. The van der Waals surface area contributed by atoms with Crippen LogP contribution in [0.1, 0.15) is 19.5 Å². The Kier molecular flexibility index (Phi) is 4.05. The fourth-order valence-electron chi connectivity index (χ4n) is 0.362. The van der Waals surface area contributed by atoms with E-state index in [9.17, 15) is 0 Å². The van der Waals surface area contributed by atoms with Gasteiger partial charge in [0.2, 0.25) is 0 Å². The van der Waals surface area contributed by atoms with Crippen LogP contribution < -0.4 is 0 Å². The van der Waals surface area contributed by atoms with Crippen LogP contribution in [0.4, 0.5) is 0 Å². The summed E-state index contributed by atoms with van der Waals surface area (Å²) in [4.78, 5) is 3.23. The maximum atomic E-state index is 4.72. The van der Waals surface area contributed by atoms with Crippen LogP contribution in [0.5, 0.6) is 0 Å². The average molecular weight is 145 g/mol. The highest BCUT2D eigenvalue weighted by Crippen LogP contribution is 1.91. The lowest BCUT2D eigenvalue weighted by Crippen LogP contribution is -1.62. The van der Waals surface area contributed by atoms with E-state index in [0.29, 0.717) is 4.84 Å². The molecule has 2 nitrogen and oxygen atoms in total. The second-order valence-corrected chi connectivity index (χ2v) is 1.70. The topological polar surface area (TPSA) is 28.9 Å². The van der Waals surface area contributed by atoms with Crippen molar-refractivity contribution in [3.63, 3.8) is 0 Å². The molecule has 9 heavy (non-hydrogen) atoms. The van der Waals surface area contributed by atoms with Crippen molar-refractivity contribution in [3.8, 4) is 0 Å². The van der Waals surface area contributed by atoms with Gasteiger partial charge in [-0.05, 0) is 19.1 Å². The Bertz CT molecular complexity index is 201. The molecule has 0 saturated heterocycles. The zero-order chi connectivity index (χ0) is 7.28. The van der Waals surface area contributed by atoms with Gasteiger partial charge in [-0.15, -0.1) is 0 Å². The maximum Gasteiger partial charge on any atom is 0.266 e. The van der Waals surface area contributed by atoms with Crippen LogP contribution in [0.3, 0.4) is 0 Å². The number of aromatic amines is 1. The zero-order valence-corrected chi connectivity index (χ0v) is 6.71. The molecule has 0 fully saturated rings. The lowest BCUT2D eigenvalue weighted by atomic mass is 10.6.